The predicted octanol–water partition coefficient (Wildman–Crippen LogP) is -6.93. The van der Waals surface area contributed by atoms with E-state index in [2.05, 4.69) is 10.6 Å². The first-order valence-electron chi connectivity index (χ1n) is 10.8. The van der Waals surface area contributed by atoms with Gasteiger partial charge in [-0.25, -0.2) is 4.79 Å². The van der Waals surface area contributed by atoms with Crippen LogP contribution in [-0.2, 0) is 28.6 Å². The lowest BCUT2D eigenvalue weighted by atomic mass is 9.88. The lowest BCUT2D eigenvalue weighted by Crippen LogP contribution is -2.69. The van der Waals surface area contributed by atoms with Gasteiger partial charge >= 0.3 is 5.97 Å². The first kappa shape index (κ1) is 30.2. The van der Waals surface area contributed by atoms with Crippen molar-refractivity contribution in [3.05, 3.63) is 0 Å². The van der Waals surface area contributed by atoms with E-state index in [-0.39, 0.29) is 0 Å². The van der Waals surface area contributed by atoms with E-state index in [0.717, 1.165) is 6.92 Å². The van der Waals surface area contributed by atoms with Crippen LogP contribution in [0.1, 0.15) is 13.3 Å². The number of nitrogens with one attached hydrogen (secondary N) is 2. The van der Waals surface area contributed by atoms with E-state index in [9.17, 15) is 50.1 Å². The fourth-order valence-corrected chi connectivity index (χ4v) is 3.97. The van der Waals surface area contributed by atoms with Crippen molar-refractivity contribution in [2.75, 3.05) is 19.8 Å². The topological polar surface area (TPSA) is 285 Å². The van der Waals surface area contributed by atoms with Crippen LogP contribution in [0.5, 0.6) is 0 Å². The Morgan fingerprint density at radius 2 is 1.69 bits per heavy atom. The van der Waals surface area contributed by atoms with Crippen molar-refractivity contribution in [1.29, 1.82) is 0 Å². The standard InChI is InChI=1S/C19H32N2O15/c1-6(24)20-12-15(30)14(29)9(35-17(12)31)5-34-19(18(32)33)2-7(25)11(21-10(27)4-23)16(36-19)13(28)8(26)3-22/h7-9,11-17,22-23,25-26,28-31H,2-5H2,1H3,(H,20,24)(H,21,27)(H,32,33)/t7-,8+,9+,11+,12+,13+,14-,15+,16+,17-,19?/m0/s1. The van der Waals surface area contributed by atoms with Crippen molar-refractivity contribution < 1.29 is 74.6 Å². The summed E-state index contributed by atoms with van der Waals surface area (Å²) in [5.74, 6) is -6.28. The highest BCUT2D eigenvalue weighted by atomic mass is 16.7. The highest BCUT2D eigenvalue weighted by molar-refractivity contribution is 5.78. The second-order valence-electron chi connectivity index (χ2n) is 8.49. The second kappa shape index (κ2) is 12.5. The third-order valence-corrected chi connectivity index (χ3v) is 5.86. The molecule has 2 aliphatic rings. The Kier molecular flexibility index (Phi) is 10.5. The van der Waals surface area contributed by atoms with Crippen LogP contribution in [-0.4, -0.2) is 150 Å². The van der Waals surface area contributed by atoms with Crippen LogP contribution in [0.25, 0.3) is 0 Å². The van der Waals surface area contributed by atoms with Gasteiger partial charge in [0.25, 0.3) is 5.79 Å². The Hall–Kier alpha value is -2.03. The Balaban J connectivity index is 2.26. The van der Waals surface area contributed by atoms with Gasteiger partial charge in [0, 0.05) is 13.3 Å². The molecule has 2 amide bonds. The summed E-state index contributed by atoms with van der Waals surface area (Å²) in [7, 11) is 0. The van der Waals surface area contributed by atoms with Gasteiger partial charge in [0.1, 0.15) is 49.3 Å². The molecule has 11 N–H and O–H groups in total. The lowest BCUT2D eigenvalue weighted by Gasteiger charge is -2.47. The molecule has 0 aromatic rings. The maximum absolute atomic E-state index is 12.1. The van der Waals surface area contributed by atoms with E-state index >= 15 is 0 Å². The zero-order valence-electron chi connectivity index (χ0n) is 19.1. The fourth-order valence-electron chi connectivity index (χ4n) is 3.97. The molecule has 1 unspecified atom stereocenters. The van der Waals surface area contributed by atoms with Gasteiger partial charge in [-0.1, -0.05) is 0 Å². The molecular formula is C19H32N2O15. The minimum Gasteiger partial charge on any atom is -0.477 e. The number of ether oxygens (including phenoxy) is 3. The average Bonchev–Trinajstić information content (AvgIpc) is 2.83. The molecule has 17 nitrogen and oxygen atoms in total. The number of rotatable bonds is 10. The Morgan fingerprint density at radius 1 is 1.06 bits per heavy atom. The van der Waals surface area contributed by atoms with Crippen LogP contribution in [0.3, 0.4) is 0 Å². The number of hydrogen-bond donors (Lipinski definition) is 11. The molecule has 0 spiro atoms. The number of carbonyl (C=O) groups is 3. The number of aliphatic carboxylic acids is 1. The molecule has 36 heavy (non-hydrogen) atoms. The van der Waals surface area contributed by atoms with Crippen molar-refractivity contribution in [1.82, 2.24) is 10.6 Å². The first-order chi connectivity index (χ1) is 16.8. The molecule has 0 aromatic heterocycles. The number of carbonyl (C=O) groups excluding carboxylic acids is 2. The van der Waals surface area contributed by atoms with Crippen molar-refractivity contribution in [3.63, 3.8) is 0 Å². The molecule has 2 saturated heterocycles. The van der Waals surface area contributed by atoms with Gasteiger partial charge < -0.3 is 70.8 Å². The van der Waals surface area contributed by atoms with Crippen LogP contribution in [0, 0.1) is 0 Å². The van der Waals surface area contributed by atoms with Gasteiger partial charge in [-0.05, 0) is 0 Å². The van der Waals surface area contributed by atoms with Gasteiger partial charge in [0.05, 0.1) is 25.4 Å². The molecule has 2 heterocycles. The van der Waals surface area contributed by atoms with Crippen LogP contribution < -0.4 is 10.6 Å². The largest absolute Gasteiger partial charge is 0.477 e. The van der Waals surface area contributed by atoms with Crippen LogP contribution in [0.15, 0.2) is 0 Å². The molecule has 0 aromatic carbocycles. The molecule has 0 aliphatic carbocycles. The average molecular weight is 528 g/mol. The Labute approximate surface area is 203 Å². The zero-order valence-corrected chi connectivity index (χ0v) is 19.1. The summed E-state index contributed by atoms with van der Waals surface area (Å²) >= 11 is 0. The number of amides is 2. The van der Waals surface area contributed by atoms with Crippen LogP contribution in [0.4, 0.5) is 0 Å². The Morgan fingerprint density at radius 3 is 2.22 bits per heavy atom. The minimum absolute atomic E-state index is 0.643. The SMILES string of the molecule is CC(=O)N[C@@H]1[C@@H](O)[C@@H](O)[C@@H](COC2(C(=O)O)C[C@H](O)[C@@H](NC(=O)CO)[C@H]([C@H](O)[C@H](O)CO)O2)O[C@@H]1O. The Bertz CT molecular complexity index is 786. The van der Waals surface area contributed by atoms with Gasteiger partial charge in [-0.15, -0.1) is 0 Å². The number of aliphatic hydroxyl groups is 8. The number of aliphatic hydroxyl groups excluding tert-OH is 8. The molecular weight excluding hydrogens is 496 g/mol. The molecule has 2 rings (SSSR count). The van der Waals surface area contributed by atoms with E-state index in [1.807, 2.05) is 0 Å². The van der Waals surface area contributed by atoms with E-state index < -0.39 is 111 Å². The van der Waals surface area contributed by atoms with E-state index in [1.54, 1.807) is 0 Å². The molecule has 2 aliphatic heterocycles. The second-order valence-corrected chi connectivity index (χ2v) is 8.49. The third-order valence-electron chi connectivity index (χ3n) is 5.86. The molecule has 208 valence electrons. The van der Waals surface area contributed by atoms with Gasteiger partial charge in [-0.3, -0.25) is 9.59 Å². The van der Waals surface area contributed by atoms with Gasteiger partial charge in [0.2, 0.25) is 11.8 Å². The van der Waals surface area contributed by atoms with E-state index in [1.165, 1.54) is 0 Å². The normalized spacial score (nSPS) is 38.6. The minimum atomic E-state index is -2.77. The van der Waals surface area contributed by atoms with Crippen molar-refractivity contribution in [2.24, 2.45) is 0 Å². The summed E-state index contributed by atoms with van der Waals surface area (Å²) in [5.41, 5.74) is 0. The highest BCUT2D eigenvalue weighted by Gasteiger charge is 2.56. The van der Waals surface area contributed by atoms with Gasteiger partial charge in [-0.2, -0.15) is 0 Å². The van der Waals surface area contributed by atoms with Crippen molar-refractivity contribution in [2.45, 2.75) is 80.2 Å². The van der Waals surface area contributed by atoms with Gasteiger partial charge in [0.15, 0.2) is 6.29 Å². The smallest absolute Gasteiger partial charge is 0.364 e. The monoisotopic (exact) mass is 528 g/mol. The summed E-state index contributed by atoms with van der Waals surface area (Å²) < 4.78 is 15.8. The van der Waals surface area contributed by atoms with E-state index in [4.69, 9.17) is 24.4 Å². The summed E-state index contributed by atoms with van der Waals surface area (Å²) in [6, 6.07) is -2.97. The third kappa shape index (κ3) is 6.64. The van der Waals surface area contributed by atoms with Crippen molar-refractivity contribution >= 4 is 17.8 Å². The number of carboxylic acids is 1. The predicted molar refractivity (Wildman–Crippen MR) is 110 cm³/mol. The molecule has 0 bridgehead atoms. The fraction of sp³-hybridized carbons (Fsp3) is 0.842. The van der Waals surface area contributed by atoms with Crippen LogP contribution in [0.2, 0.25) is 0 Å². The summed E-state index contributed by atoms with van der Waals surface area (Å²) in [6.07, 6.45) is -15.5. The zero-order chi connectivity index (χ0) is 27.4. The molecule has 17 heteroatoms. The molecule has 0 saturated carbocycles. The maximum atomic E-state index is 12.1. The summed E-state index contributed by atoms with van der Waals surface area (Å²) in [6.45, 7) is -1.80. The first-order valence-corrected chi connectivity index (χ1v) is 10.8. The maximum Gasteiger partial charge on any atom is 0.364 e. The van der Waals surface area contributed by atoms with Crippen molar-refractivity contribution in [3.8, 4) is 0 Å². The van der Waals surface area contributed by atoms with E-state index in [0.29, 0.717) is 0 Å². The highest BCUT2D eigenvalue weighted by Crippen LogP contribution is 2.34. The van der Waals surface area contributed by atoms with Crippen LogP contribution >= 0.6 is 0 Å². The quantitative estimate of drug-likeness (QED) is 0.126. The molecule has 2 fully saturated rings. The molecule has 0 radical (unpaired) electrons. The lowest BCUT2D eigenvalue weighted by molar-refractivity contribution is -0.328. The summed E-state index contributed by atoms with van der Waals surface area (Å²) in [5, 5.41) is 93.7. The number of hydrogen-bond acceptors (Lipinski definition) is 14. The summed E-state index contributed by atoms with van der Waals surface area (Å²) in [4.78, 5) is 35.0. The number of carboxylic acid groups (broad SMARTS) is 1. The molecule has 11 atom stereocenters.